The van der Waals surface area contributed by atoms with Crippen molar-refractivity contribution in [2.45, 2.75) is 25.1 Å². The van der Waals surface area contributed by atoms with Crippen LogP contribution < -0.4 is 0 Å². The molecule has 0 saturated carbocycles. The number of hydrogen-bond acceptors (Lipinski definition) is 2. The van der Waals surface area contributed by atoms with E-state index >= 15 is 0 Å². The van der Waals surface area contributed by atoms with Gasteiger partial charge in [0.2, 0.25) is 0 Å². The number of rotatable bonds is 2. The van der Waals surface area contributed by atoms with Crippen LogP contribution in [0.5, 0.6) is 0 Å². The summed E-state index contributed by atoms with van der Waals surface area (Å²) in [7, 11) is 0. The lowest BCUT2D eigenvalue weighted by atomic mass is 10.1. The number of alkyl halides is 3. The number of carbonyl (C=O) groups is 1. The molecular weight excluding hydrogens is 295 g/mol. The van der Waals surface area contributed by atoms with Crippen molar-refractivity contribution in [2.24, 2.45) is 0 Å². The van der Waals surface area contributed by atoms with Gasteiger partial charge in [0, 0.05) is 24.6 Å². The maximum absolute atomic E-state index is 12.5. The smallest absolute Gasteiger partial charge is 0.363 e. The second kappa shape index (κ2) is 5.47. The number of nitrogens with one attached hydrogen (secondary N) is 1. The Morgan fingerprint density at radius 2 is 2.14 bits per heavy atom. The average Bonchev–Trinajstić information content (AvgIpc) is 3.16. The first-order valence-corrected chi connectivity index (χ1v) is 6.94. The van der Waals surface area contributed by atoms with Crippen LogP contribution >= 0.6 is 0 Å². The van der Waals surface area contributed by atoms with Crippen LogP contribution in [0.15, 0.2) is 36.7 Å². The third-order valence-corrected chi connectivity index (χ3v) is 3.80. The molecule has 3 heterocycles. The predicted octanol–water partition coefficient (Wildman–Crippen LogP) is 3.41. The van der Waals surface area contributed by atoms with E-state index < -0.39 is 11.9 Å². The molecular formula is C15H14F3N3O. The molecule has 4 nitrogen and oxygen atoms in total. The normalized spacial score (nSPS) is 18.7. The fourth-order valence-electron chi connectivity index (χ4n) is 2.74. The first-order chi connectivity index (χ1) is 10.5. The standard InChI is InChI=1S/C15H14F3N3O/c16-15(17,18)13-6-5-10(9-20-13)14(22)21-8-2-4-12(21)11-3-1-7-19-11/h1,3,5-7,9,12,19H,2,4,8H2/t12-/m1/s1. The van der Waals surface area contributed by atoms with Crippen molar-refractivity contribution in [3.63, 3.8) is 0 Å². The maximum atomic E-state index is 12.5. The molecule has 3 rings (SSSR count). The van der Waals surface area contributed by atoms with Gasteiger partial charge >= 0.3 is 6.18 Å². The van der Waals surface area contributed by atoms with Gasteiger partial charge in [0.05, 0.1) is 11.6 Å². The highest BCUT2D eigenvalue weighted by molar-refractivity contribution is 5.94. The van der Waals surface area contributed by atoms with Crippen molar-refractivity contribution in [3.8, 4) is 0 Å². The van der Waals surface area contributed by atoms with E-state index in [0.29, 0.717) is 6.54 Å². The van der Waals surface area contributed by atoms with E-state index in [4.69, 9.17) is 0 Å². The Morgan fingerprint density at radius 3 is 2.73 bits per heavy atom. The number of aromatic amines is 1. The van der Waals surface area contributed by atoms with Crippen LogP contribution in [-0.4, -0.2) is 27.3 Å². The molecule has 22 heavy (non-hydrogen) atoms. The third kappa shape index (κ3) is 2.70. The molecule has 1 fully saturated rings. The Bertz CT molecular complexity index is 650. The molecule has 1 aliphatic rings. The largest absolute Gasteiger partial charge is 0.433 e. The van der Waals surface area contributed by atoms with Gasteiger partial charge in [-0.15, -0.1) is 0 Å². The minimum Gasteiger partial charge on any atom is -0.363 e. The summed E-state index contributed by atoms with van der Waals surface area (Å²) in [4.78, 5) is 20.6. The number of likely N-dealkylation sites (tertiary alicyclic amines) is 1. The van der Waals surface area contributed by atoms with Gasteiger partial charge in [-0.1, -0.05) is 0 Å². The molecule has 0 aromatic carbocycles. The predicted molar refractivity (Wildman–Crippen MR) is 73.0 cm³/mol. The summed E-state index contributed by atoms with van der Waals surface area (Å²) in [5, 5.41) is 0. The van der Waals surface area contributed by atoms with Crippen LogP contribution in [0.1, 0.15) is 40.6 Å². The monoisotopic (exact) mass is 309 g/mol. The Morgan fingerprint density at radius 1 is 1.32 bits per heavy atom. The number of H-pyrrole nitrogens is 1. The molecule has 1 aliphatic heterocycles. The summed E-state index contributed by atoms with van der Waals surface area (Å²) < 4.78 is 37.5. The number of carbonyl (C=O) groups excluding carboxylic acids is 1. The first kappa shape index (κ1) is 14.6. The van der Waals surface area contributed by atoms with E-state index in [9.17, 15) is 18.0 Å². The van der Waals surface area contributed by atoms with Crippen LogP contribution in [-0.2, 0) is 6.18 Å². The second-order valence-electron chi connectivity index (χ2n) is 5.21. The van der Waals surface area contributed by atoms with Crippen LogP contribution in [0.2, 0.25) is 0 Å². The molecule has 0 radical (unpaired) electrons. The lowest BCUT2D eigenvalue weighted by Gasteiger charge is -2.24. The van der Waals surface area contributed by atoms with Gasteiger partial charge in [-0.25, -0.2) is 0 Å². The van der Waals surface area contributed by atoms with E-state index in [1.165, 1.54) is 6.07 Å². The highest BCUT2D eigenvalue weighted by Crippen LogP contribution is 2.32. The minimum absolute atomic E-state index is 0.0650. The fraction of sp³-hybridized carbons (Fsp3) is 0.333. The number of pyridine rings is 1. The molecule has 1 N–H and O–H groups in total. The number of hydrogen-bond donors (Lipinski definition) is 1. The first-order valence-electron chi connectivity index (χ1n) is 6.94. The highest BCUT2D eigenvalue weighted by atomic mass is 19.4. The number of halogens is 3. The minimum atomic E-state index is -4.50. The molecule has 2 aromatic heterocycles. The summed E-state index contributed by atoms with van der Waals surface area (Å²) in [6.07, 6.45) is -0.0168. The van der Waals surface area contributed by atoms with Gasteiger partial charge in [-0.05, 0) is 37.1 Å². The summed E-state index contributed by atoms with van der Waals surface area (Å²) in [5.41, 5.74) is 0.114. The lowest BCUT2D eigenvalue weighted by Crippen LogP contribution is -2.30. The van der Waals surface area contributed by atoms with Crippen molar-refractivity contribution in [2.75, 3.05) is 6.54 Å². The summed E-state index contributed by atoms with van der Waals surface area (Å²) in [6.45, 7) is 0.587. The van der Waals surface area contributed by atoms with E-state index in [1.54, 1.807) is 11.1 Å². The summed E-state index contributed by atoms with van der Waals surface area (Å²) in [5.74, 6) is -0.293. The average molecular weight is 309 g/mol. The fourth-order valence-corrected chi connectivity index (χ4v) is 2.74. The van der Waals surface area contributed by atoms with Gasteiger partial charge in [-0.2, -0.15) is 13.2 Å². The Hall–Kier alpha value is -2.31. The number of nitrogens with zero attached hydrogens (tertiary/aromatic N) is 2. The van der Waals surface area contributed by atoms with Crippen molar-refractivity contribution >= 4 is 5.91 Å². The number of aromatic nitrogens is 2. The van der Waals surface area contributed by atoms with Crippen LogP contribution in [0.3, 0.4) is 0 Å². The van der Waals surface area contributed by atoms with Crippen LogP contribution in [0.4, 0.5) is 13.2 Å². The molecule has 1 atom stereocenters. The second-order valence-corrected chi connectivity index (χ2v) is 5.21. The Kier molecular flexibility index (Phi) is 3.64. The van der Waals surface area contributed by atoms with E-state index in [2.05, 4.69) is 9.97 Å². The number of amides is 1. The Balaban J connectivity index is 1.81. The maximum Gasteiger partial charge on any atom is 0.433 e. The van der Waals surface area contributed by atoms with Crippen molar-refractivity contribution in [1.82, 2.24) is 14.9 Å². The molecule has 7 heteroatoms. The summed E-state index contributed by atoms with van der Waals surface area (Å²) in [6, 6.07) is 5.72. The molecule has 1 amide bonds. The molecule has 0 spiro atoms. The Labute approximate surface area is 125 Å². The zero-order valence-corrected chi connectivity index (χ0v) is 11.6. The molecule has 0 aliphatic carbocycles. The quantitative estimate of drug-likeness (QED) is 0.924. The van der Waals surface area contributed by atoms with E-state index in [-0.39, 0.29) is 17.5 Å². The zero-order chi connectivity index (χ0) is 15.7. The summed E-state index contributed by atoms with van der Waals surface area (Å²) >= 11 is 0. The van der Waals surface area contributed by atoms with Gasteiger partial charge in [-0.3, -0.25) is 9.78 Å². The highest BCUT2D eigenvalue weighted by Gasteiger charge is 2.34. The van der Waals surface area contributed by atoms with Crippen molar-refractivity contribution < 1.29 is 18.0 Å². The van der Waals surface area contributed by atoms with Gasteiger partial charge < -0.3 is 9.88 Å². The van der Waals surface area contributed by atoms with Gasteiger partial charge in [0.15, 0.2) is 0 Å². The van der Waals surface area contributed by atoms with Crippen LogP contribution in [0.25, 0.3) is 0 Å². The molecule has 116 valence electrons. The third-order valence-electron chi connectivity index (χ3n) is 3.80. The molecule has 0 bridgehead atoms. The van der Waals surface area contributed by atoms with Gasteiger partial charge in [0.1, 0.15) is 5.69 Å². The molecule has 2 aromatic rings. The lowest BCUT2D eigenvalue weighted by molar-refractivity contribution is -0.141. The zero-order valence-electron chi connectivity index (χ0n) is 11.6. The van der Waals surface area contributed by atoms with E-state index in [1.807, 2.05) is 12.1 Å². The molecule has 0 unspecified atom stereocenters. The van der Waals surface area contributed by atoms with Crippen molar-refractivity contribution in [3.05, 3.63) is 53.6 Å². The van der Waals surface area contributed by atoms with Crippen LogP contribution in [0, 0.1) is 0 Å². The molecule has 1 saturated heterocycles. The van der Waals surface area contributed by atoms with Crippen molar-refractivity contribution in [1.29, 1.82) is 0 Å². The SMILES string of the molecule is O=C(c1ccc(C(F)(F)F)nc1)N1CCC[C@@H]1c1ccc[nH]1. The van der Waals surface area contributed by atoms with Gasteiger partial charge in [0.25, 0.3) is 5.91 Å². The topological polar surface area (TPSA) is 49.0 Å². The van der Waals surface area contributed by atoms with E-state index in [0.717, 1.165) is 30.8 Å².